The third-order valence-electron chi connectivity index (χ3n) is 6.88. The van der Waals surface area contributed by atoms with Crippen molar-refractivity contribution >= 4 is 6.08 Å². The summed E-state index contributed by atoms with van der Waals surface area (Å²) in [5.74, 6) is -0.235. The second kappa shape index (κ2) is 5.40. The predicted molar refractivity (Wildman–Crippen MR) is 110 cm³/mol. The average Bonchev–Trinajstić information content (AvgIpc) is 2.92. The molecule has 3 nitrogen and oxygen atoms in total. The first-order chi connectivity index (χ1) is 13.3. The van der Waals surface area contributed by atoms with Crippen LogP contribution in [0.3, 0.4) is 0 Å². The van der Waals surface area contributed by atoms with Crippen LogP contribution in [0.1, 0.15) is 42.9 Å². The molecule has 0 unspecified atom stereocenters. The van der Waals surface area contributed by atoms with Crippen molar-refractivity contribution < 1.29 is 4.39 Å². The van der Waals surface area contributed by atoms with Crippen molar-refractivity contribution in [2.75, 3.05) is 0 Å². The van der Waals surface area contributed by atoms with E-state index in [1.165, 1.54) is 17.8 Å². The van der Waals surface area contributed by atoms with Gasteiger partial charge >= 0.3 is 0 Å². The maximum Gasteiger partial charge on any atom is 0.123 e. The van der Waals surface area contributed by atoms with Crippen LogP contribution in [-0.4, -0.2) is 14.8 Å². The summed E-state index contributed by atoms with van der Waals surface area (Å²) in [6.07, 6.45) is 4.04. The summed E-state index contributed by atoms with van der Waals surface area (Å²) in [5.41, 5.74) is 8.71. The first kappa shape index (κ1) is 17.4. The molecule has 0 spiro atoms. The second-order valence-electron chi connectivity index (χ2n) is 8.79. The van der Waals surface area contributed by atoms with Gasteiger partial charge in [0, 0.05) is 39.2 Å². The maximum absolute atomic E-state index is 13.5. The highest BCUT2D eigenvalue weighted by Crippen LogP contribution is 2.68. The molecule has 0 amide bonds. The molecular weight excluding hydrogens is 349 g/mol. The molecule has 0 N–H and O–H groups in total. The van der Waals surface area contributed by atoms with E-state index in [0.717, 1.165) is 52.2 Å². The standard InChI is InChI=1S/C24H24FN3/c1-6-18-15(3)26-14(2)11-19(18)21-20-12-23(4)13-24(23,5)28(20)27-22(21)16-7-9-17(25)10-8-16/h6-11H,1,12-13H2,2-5H3/t23-,24+/m1/s1. The number of rotatable bonds is 3. The van der Waals surface area contributed by atoms with Crippen LogP contribution >= 0.6 is 0 Å². The van der Waals surface area contributed by atoms with Crippen LogP contribution in [0.25, 0.3) is 28.5 Å². The van der Waals surface area contributed by atoms with E-state index in [2.05, 4.69) is 36.2 Å². The number of halogens is 1. The second-order valence-corrected chi connectivity index (χ2v) is 8.79. The molecule has 0 radical (unpaired) electrons. The van der Waals surface area contributed by atoms with Gasteiger partial charge in [-0.2, -0.15) is 5.10 Å². The smallest absolute Gasteiger partial charge is 0.123 e. The highest BCUT2D eigenvalue weighted by molar-refractivity contribution is 5.88. The van der Waals surface area contributed by atoms with Crippen LogP contribution in [0.2, 0.25) is 0 Å². The van der Waals surface area contributed by atoms with Crippen molar-refractivity contribution in [3.8, 4) is 22.4 Å². The summed E-state index contributed by atoms with van der Waals surface area (Å²) in [6, 6.07) is 8.77. The molecule has 2 aromatic heterocycles. The fourth-order valence-electron chi connectivity index (χ4n) is 5.09. The number of benzene rings is 1. The number of hydrogen-bond donors (Lipinski definition) is 0. The van der Waals surface area contributed by atoms with E-state index in [0.29, 0.717) is 0 Å². The Morgan fingerprint density at radius 1 is 1.18 bits per heavy atom. The van der Waals surface area contributed by atoms with Crippen molar-refractivity contribution in [2.24, 2.45) is 5.41 Å². The van der Waals surface area contributed by atoms with Gasteiger partial charge in [-0.05, 0) is 69.5 Å². The molecular formula is C24H24FN3. The van der Waals surface area contributed by atoms with Gasteiger partial charge < -0.3 is 0 Å². The van der Waals surface area contributed by atoms with Crippen LogP contribution in [0.15, 0.2) is 36.9 Å². The van der Waals surface area contributed by atoms with Crippen molar-refractivity contribution in [3.05, 3.63) is 65.4 Å². The van der Waals surface area contributed by atoms with Gasteiger partial charge in [-0.15, -0.1) is 0 Å². The molecule has 0 bridgehead atoms. The summed E-state index contributed by atoms with van der Waals surface area (Å²) >= 11 is 0. The molecule has 3 heterocycles. The fourth-order valence-corrected chi connectivity index (χ4v) is 5.09. The number of pyridine rings is 1. The fraction of sp³-hybridized carbons (Fsp3) is 0.333. The predicted octanol–water partition coefficient (Wildman–Crippen LogP) is 5.69. The first-order valence-electron chi connectivity index (χ1n) is 9.77. The lowest BCUT2D eigenvalue weighted by Gasteiger charge is -2.13. The average molecular weight is 373 g/mol. The van der Waals surface area contributed by atoms with Gasteiger partial charge in [0.2, 0.25) is 0 Å². The highest BCUT2D eigenvalue weighted by atomic mass is 19.1. The van der Waals surface area contributed by atoms with Gasteiger partial charge in [0.05, 0.1) is 5.54 Å². The molecule has 5 rings (SSSR count). The molecule has 3 aromatic rings. The van der Waals surface area contributed by atoms with Crippen LogP contribution in [0.5, 0.6) is 0 Å². The Kier molecular flexibility index (Phi) is 3.35. The van der Waals surface area contributed by atoms with E-state index < -0.39 is 0 Å². The molecule has 0 saturated heterocycles. The summed E-state index contributed by atoms with van der Waals surface area (Å²) in [6.45, 7) is 12.7. The number of fused-ring (bicyclic) bond motifs is 3. The van der Waals surface area contributed by atoms with Crippen molar-refractivity contribution in [1.29, 1.82) is 0 Å². The summed E-state index contributed by atoms with van der Waals surface area (Å²) in [5, 5.41) is 5.08. The lowest BCUT2D eigenvalue weighted by molar-refractivity contribution is 0.411. The Morgan fingerprint density at radius 3 is 2.57 bits per heavy atom. The van der Waals surface area contributed by atoms with Gasteiger partial charge in [-0.25, -0.2) is 4.39 Å². The number of nitrogens with zero attached hydrogens (tertiary/aromatic N) is 3. The van der Waals surface area contributed by atoms with E-state index in [1.807, 2.05) is 32.1 Å². The lowest BCUT2D eigenvalue weighted by Crippen LogP contribution is -2.15. The SMILES string of the molecule is C=Cc1c(-c2c(-c3ccc(F)cc3)nn3c2C[C@]2(C)C[C@]32C)cc(C)nc1C. The Balaban J connectivity index is 1.83. The Bertz CT molecular complexity index is 1140. The van der Waals surface area contributed by atoms with Crippen LogP contribution < -0.4 is 0 Å². The lowest BCUT2D eigenvalue weighted by atomic mass is 9.91. The van der Waals surface area contributed by atoms with E-state index >= 15 is 0 Å². The molecule has 1 saturated carbocycles. The third kappa shape index (κ3) is 2.15. The van der Waals surface area contributed by atoms with Gasteiger partial charge in [0.15, 0.2) is 0 Å². The molecule has 1 fully saturated rings. The van der Waals surface area contributed by atoms with Crippen LogP contribution in [0.4, 0.5) is 4.39 Å². The van der Waals surface area contributed by atoms with E-state index in [1.54, 1.807) is 0 Å². The van der Waals surface area contributed by atoms with Crippen LogP contribution in [-0.2, 0) is 12.0 Å². The molecule has 142 valence electrons. The molecule has 4 heteroatoms. The summed E-state index contributed by atoms with van der Waals surface area (Å²) in [4.78, 5) is 4.63. The normalized spacial score (nSPS) is 24.8. The minimum atomic E-state index is -0.235. The summed E-state index contributed by atoms with van der Waals surface area (Å²) < 4.78 is 15.8. The van der Waals surface area contributed by atoms with Crippen LogP contribution in [0, 0.1) is 25.1 Å². The van der Waals surface area contributed by atoms with Crippen molar-refractivity contribution in [1.82, 2.24) is 14.8 Å². The zero-order valence-corrected chi connectivity index (χ0v) is 16.8. The number of aromatic nitrogens is 3. The molecule has 2 aliphatic rings. The quantitative estimate of drug-likeness (QED) is 0.590. The largest absolute Gasteiger partial charge is 0.262 e. The van der Waals surface area contributed by atoms with Crippen molar-refractivity contribution in [3.63, 3.8) is 0 Å². The minimum absolute atomic E-state index is 0.0703. The number of hydrogen-bond acceptors (Lipinski definition) is 2. The highest BCUT2D eigenvalue weighted by Gasteiger charge is 2.68. The van der Waals surface area contributed by atoms with Gasteiger partial charge in [0.1, 0.15) is 11.5 Å². The Hall–Kier alpha value is -2.75. The summed E-state index contributed by atoms with van der Waals surface area (Å²) in [7, 11) is 0. The topological polar surface area (TPSA) is 30.7 Å². The number of aryl methyl sites for hydroxylation is 2. The van der Waals surface area contributed by atoms with Gasteiger partial charge in [-0.1, -0.05) is 19.6 Å². The van der Waals surface area contributed by atoms with Gasteiger partial charge in [0.25, 0.3) is 0 Å². The zero-order valence-electron chi connectivity index (χ0n) is 16.8. The minimum Gasteiger partial charge on any atom is -0.262 e. The molecule has 28 heavy (non-hydrogen) atoms. The van der Waals surface area contributed by atoms with Crippen molar-refractivity contribution in [2.45, 2.75) is 46.1 Å². The first-order valence-corrected chi connectivity index (χ1v) is 9.77. The Morgan fingerprint density at radius 2 is 1.89 bits per heavy atom. The molecule has 2 atom stereocenters. The van der Waals surface area contributed by atoms with E-state index in [4.69, 9.17) is 5.10 Å². The molecule has 1 aliphatic heterocycles. The van der Waals surface area contributed by atoms with E-state index in [9.17, 15) is 4.39 Å². The monoisotopic (exact) mass is 373 g/mol. The van der Waals surface area contributed by atoms with E-state index in [-0.39, 0.29) is 16.8 Å². The molecule has 1 aromatic carbocycles. The Labute approximate surface area is 164 Å². The zero-order chi connectivity index (χ0) is 19.8. The van der Waals surface area contributed by atoms with Gasteiger partial charge in [-0.3, -0.25) is 9.67 Å². The maximum atomic E-state index is 13.5. The molecule has 1 aliphatic carbocycles. The third-order valence-corrected chi connectivity index (χ3v) is 6.88.